The van der Waals surface area contributed by atoms with Crippen molar-refractivity contribution in [1.29, 1.82) is 0 Å². The van der Waals surface area contributed by atoms with Gasteiger partial charge in [0.25, 0.3) is 0 Å². The minimum atomic E-state index is -0.935. The number of carbonyl (C=O) groups is 1. The summed E-state index contributed by atoms with van der Waals surface area (Å²) in [5, 5.41) is 9.39. The van der Waals surface area contributed by atoms with Crippen LogP contribution >= 0.6 is 11.8 Å². The molecule has 0 saturated heterocycles. The molecule has 0 unspecified atom stereocenters. The summed E-state index contributed by atoms with van der Waals surface area (Å²) in [5.41, 5.74) is 0.862. The van der Waals surface area contributed by atoms with E-state index in [9.17, 15) is 4.79 Å². The number of rotatable bonds is 7. The summed E-state index contributed by atoms with van der Waals surface area (Å²) >= 11 is 2.03. The molecule has 0 amide bonds. The lowest BCUT2D eigenvalue weighted by Gasteiger charge is -2.20. The van der Waals surface area contributed by atoms with Crippen LogP contribution in [0.15, 0.2) is 30.3 Å². The zero-order valence-electron chi connectivity index (χ0n) is 12.2. The Morgan fingerprint density at radius 3 is 2.62 bits per heavy atom. The summed E-state index contributed by atoms with van der Waals surface area (Å²) in [5.74, 6) is 0.937. The van der Waals surface area contributed by atoms with Gasteiger partial charge in [0.1, 0.15) is 5.75 Å². The Balaban J connectivity index is 1.67. The summed E-state index contributed by atoms with van der Waals surface area (Å²) in [6, 6.07) is 7.49. The molecule has 0 atom stereocenters. The van der Waals surface area contributed by atoms with E-state index < -0.39 is 5.97 Å². The first-order chi connectivity index (χ1) is 10.2. The fourth-order valence-electron chi connectivity index (χ4n) is 2.45. The van der Waals surface area contributed by atoms with Gasteiger partial charge in [-0.3, -0.25) is 0 Å². The van der Waals surface area contributed by atoms with Crippen LogP contribution < -0.4 is 4.74 Å². The van der Waals surface area contributed by atoms with Crippen molar-refractivity contribution >= 4 is 23.8 Å². The quantitative estimate of drug-likeness (QED) is 0.605. The standard InChI is InChI=1S/C17H22O3S/c18-17(19)11-8-14-6-9-15(10-7-14)20-12-13-21-16-4-2-1-3-5-16/h6-11,16H,1-5,12-13H2,(H,18,19). The molecule has 21 heavy (non-hydrogen) atoms. The number of thioether (sulfide) groups is 1. The first-order valence-corrected chi connectivity index (χ1v) is 8.54. The predicted octanol–water partition coefficient (Wildman–Crippen LogP) is 4.23. The van der Waals surface area contributed by atoms with Gasteiger partial charge in [-0.25, -0.2) is 4.79 Å². The highest BCUT2D eigenvalue weighted by Gasteiger charge is 2.13. The van der Waals surface area contributed by atoms with E-state index in [1.54, 1.807) is 6.08 Å². The lowest BCUT2D eigenvalue weighted by Crippen LogP contribution is -2.11. The molecule has 1 aromatic rings. The molecule has 3 nitrogen and oxygen atoms in total. The van der Waals surface area contributed by atoms with E-state index in [1.807, 2.05) is 36.0 Å². The number of aliphatic carboxylic acids is 1. The summed E-state index contributed by atoms with van der Waals surface area (Å²) in [6.07, 6.45) is 9.58. The maximum absolute atomic E-state index is 10.4. The van der Waals surface area contributed by atoms with Crippen LogP contribution in [-0.4, -0.2) is 28.7 Å². The van der Waals surface area contributed by atoms with Crippen molar-refractivity contribution in [2.45, 2.75) is 37.4 Å². The second kappa shape index (κ2) is 8.78. The van der Waals surface area contributed by atoms with Crippen molar-refractivity contribution < 1.29 is 14.6 Å². The normalized spacial score (nSPS) is 16.2. The second-order valence-corrected chi connectivity index (χ2v) is 6.63. The summed E-state index contributed by atoms with van der Waals surface area (Å²) in [7, 11) is 0. The average Bonchev–Trinajstić information content (AvgIpc) is 2.52. The van der Waals surface area contributed by atoms with E-state index in [2.05, 4.69) is 0 Å². The molecule has 1 aromatic carbocycles. The van der Waals surface area contributed by atoms with E-state index in [0.29, 0.717) is 0 Å². The van der Waals surface area contributed by atoms with Crippen molar-refractivity contribution in [3.63, 3.8) is 0 Å². The molecule has 2 rings (SSSR count). The number of benzene rings is 1. The minimum Gasteiger partial charge on any atom is -0.493 e. The molecule has 0 aliphatic heterocycles. The molecule has 0 radical (unpaired) electrons. The number of ether oxygens (including phenoxy) is 1. The third-order valence-corrected chi connectivity index (χ3v) is 4.90. The van der Waals surface area contributed by atoms with Crippen molar-refractivity contribution in [3.05, 3.63) is 35.9 Å². The summed E-state index contributed by atoms with van der Waals surface area (Å²) in [4.78, 5) is 10.4. The van der Waals surface area contributed by atoms with Crippen molar-refractivity contribution in [2.75, 3.05) is 12.4 Å². The largest absolute Gasteiger partial charge is 0.493 e. The zero-order valence-corrected chi connectivity index (χ0v) is 13.0. The van der Waals surface area contributed by atoms with Gasteiger partial charge in [0.2, 0.25) is 0 Å². The van der Waals surface area contributed by atoms with Crippen LogP contribution in [0.3, 0.4) is 0 Å². The highest BCUT2D eigenvalue weighted by atomic mass is 32.2. The van der Waals surface area contributed by atoms with Gasteiger partial charge in [0.05, 0.1) is 6.61 Å². The molecule has 114 valence electrons. The molecule has 1 fully saturated rings. The monoisotopic (exact) mass is 306 g/mol. The first-order valence-electron chi connectivity index (χ1n) is 7.49. The van der Waals surface area contributed by atoms with E-state index in [-0.39, 0.29) is 0 Å². The van der Waals surface area contributed by atoms with Gasteiger partial charge < -0.3 is 9.84 Å². The van der Waals surface area contributed by atoms with Crippen molar-refractivity contribution in [1.82, 2.24) is 0 Å². The lowest BCUT2D eigenvalue weighted by molar-refractivity contribution is -0.131. The van der Waals surface area contributed by atoms with E-state index >= 15 is 0 Å². The third-order valence-electron chi connectivity index (χ3n) is 3.56. The predicted molar refractivity (Wildman–Crippen MR) is 87.9 cm³/mol. The molecule has 0 spiro atoms. The number of carboxylic acids is 1. The SMILES string of the molecule is O=C(O)C=Cc1ccc(OCCSC2CCCCC2)cc1. The molecule has 0 aromatic heterocycles. The van der Waals surface area contributed by atoms with E-state index in [0.717, 1.165) is 35.0 Å². The Bertz CT molecular complexity index is 461. The number of carboxylic acid groups (broad SMARTS) is 1. The van der Waals surface area contributed by atoms with Gasteiger partial charge >= 0.3 is 5.97 Å². The van der Waals surface area contributed by atoms with Gasteiger partial charge in [-0.2, -0.15) is 11.8 Å². The fraction of sp³-hybridized carbons (Fsp3) is 0.471. The second-order valence-electron chi connectivity index (χ2n) is 5.22. The third kappa shape index (κ3) is 6.25. The molecule has 1 aliphatic carbocycles. The van der Waals surface area contributed by atoms with Gasteiger partial charge in [0.15, 0.2) is 0 Å². The maximum Gasteiger partial charge on any atom is 0.328 e. The Morgan fingerprint density at radius 2 is 1.95 bits per heavy atom. The zero-order chi connectivity index (χ0) is 14.9. The minimum absolute atomic E-state index is 0.728. The van der Waals surface area contributed by atoms with Gasteiger partial charge in [-0.15, -0.1) is 0 Å². The number of hydrogen-bond donors (Lipinski definition) is 1. The fourth-order valence-corrected chi connectivity index (χ4v) is 3.63. The van der Waals surface area contributed by atoms with Crippen LogP contribution in [0.4, 0.5) is 0 Å². The maximum atomic E-state index is 10.4. The van der Waals surface area contributed by atoms with Crippen LogP contribution in [-0.2, 0) is 4.79 Å². The Kier molecular flexibility index (Phi) is 6.67. The van der Waals surface area contributed by atoms with Crippen LogP contribution in [0.2, 0.25) is 0 Å². The van der Waals surface area contributed by atoms with Gasteiger partial charge in [0, 0.05) is 17.1 Å². The molecule has 1 N–H and O–H groups in total. The summed E-state index contributed by atoms with van der Waals surface area (Å²) < 4.78 is 5.72. The van der Waals surface area contributed by atoms with Gasteiger partial charge in [-0.05, 0) is 36.6 Å². The van der Waals surface area contributed by atoms with Crippen LogP contribution in [0.25, 0.3) is 6.08 Å². The van der Waals surface area contributed by atoms with Gasteiger partial charge in [-0.1, -0.05) is 31.4 Å². The van der Waals surface area contributed by atoms with Crippen molar-refractivity contribution in [3.8, 4) is 5.75 Å². The van der Waals surface area contributed by atoms with E-state index in [4.69, 9.17) is 9.84 Å². The molecule has 0 heterocycles. The van der Waals surface area contributed by atoms with E-state index in [1.165, 1.54) is 32.1 Å². The highest BCUT2D eigenvalue weighted by Crippen LogP contribution is 2.28. The Labute approximate surface area is 130 Å². The molecule has 0 bridgehead atoms. The molecule has 1 saturated carbocycles. The van der Waals surface area contributed by atoms with Crippen molar-refractivity contribution in [2.24, 2.45) is 0 Å². The molecule has 4 heteroatoms. The van der Waals surface area contributed by atoms with Crippen LogP contribution in [0.5, 0.6) is 5.75 Å². The smallest absolute Gasteiger partial charge is 0.328 e. The Hall–Kier alpha value is -1.42. The van der Waals surface area contributed by atoms with Crippen LogP contribution in [0.1, 0.15) is 37.7 Å². The summed E-state index contributed by atoms with van der Waals surface area (Å²) in [6.45, 7) is 0.728. The van der Waals surface area contributed by atoms with Crippen LogP contribution in [0, 0.1) is 0 Å². The number of hydrogen-bond acceptors (Lipinski definition) is 3. The molecule has 1 aliphatic rings. The molecular weight excluding hydrogens is 284 g/mol. The Morgan fingerprint density at radius 1 is 1.24 bits per heavy atom. The average molecular weight is 306 g/mol. The first kappa shape index (κ1) is 16.0. The molecular formula is C17H22O3S. The topological polar surface area (TPSA) is 46.5 Å². The lowest BCUT2D eigenvalue weighted by atomic mass is 10.0. The highest BCUT2D eigenvalue weighted by molar-refractivity contribution is 7.99.